The molecule has 0 fully saturated rings. The third-order valence-electron chi connectivity index (χ3n) is 5.76. The van der Waals surface area contributed by atoms with Gasteiger partial charge in [0.25, 0.3) is 0 Å². The van der Waals surface area contributed by atoms with Crippen molar-refractivity contribution < 1.29 is 9.53 Å². The highest BCUT2D eigenvalue weighted by Gasteiger charge is 2.17. The smallest absolute Gasteiger partial charge is 0.247 e. The highest BCUT2D eigenvalue weighted by molar-refractivity contribution is 7.14. The van der Waals surface area contributed by atoms with Gasteiger partial charge in [-0.1, -0.05) is 12.1 Å². The molecule has 0 aliphatic rings. The Hall–Kier alpha value is -4.05. The number of rotatable bonds is 6. The average molecular weight is 474 g/mol. The van der Waals surface area contributed by atoms with Crippen LogP contribution in [-0.2, 0) is 18.4 Å². The van der Waals surface area contributed by atoms with Gasteiger partial charge in [-0.15, -0.1) is 11.3 Å². The number of thiazole rings is 1. The summed E-state index contributed by atoms with van der Waals surface area (Å²) in [5, 5.41) is 15.1. The Kier molecular flexibility index (Phi) is 5.58. The molecule has 5 rings (SSSR count). The lowest BCUT2D eigenvalue weighted by molar-refractivity contribution is -0.116. The van der Waals surface area contributed by atoms with E-state index in [0.717, 1.165) is 44.9 Å². The van der Waals surface area contributed by atoms with Crippen LogP contribution in [0.4, 0.5) is 5.13 Å². The molecule has 5 aromatic rings. The van der Waals surface area contributed by atoms with E-state index in [9.17, 15) is 4.79 Å². The maximum atomic E-state index is 12.8. The number of nitrogens with one attached hydrogen (secondary N) is 1. The van der Waals surface area contributed by atoms with Crippen LogP contribution in [0, 0.1) is 13.8 Å². The summed E-state index contributed by atoms with van der Waals surface area (Å²) < 4.78 is 8.69. The Morgan fingerprint density at radius 2 is 1.94 bits per heavy atom. The van der Waals surface area contributed by atoms with E-state index in [1.54, 1.807) is 28.9 Å². The molecule has 4 heterocycles. The molecule has 9 nitrogen and oxygen atoms in total. The molecule has 0 aliphatic heterocycles. The lowest BCUT2D eigenvalue weighted by atomic mass is 10.0. The molecule has 0 spiro atoms. The van der Waals surface area contributed by atoms with Crippen molar-refractivity contribution in [3.63, 3.8) is 0 Å². The third-order valence-corrected chi connectivity index (χ3v) is 6.52. The second-order valence-corrected chi connectivity index (χ2v) is 8.74. The van der Waals surface area contributed by atoms with Crippen LogP contribution in [0.5, 0.6) is 5.75 Å². The van der Waals surface area contributed by atoms with Crippen molar-refractivity contribution >= 4 is 33.4 Å². The second kappa shape index (κ2) is 8.71. The number of carbonyl (C=O) groups is 1. The second-order valence-electron chi connectivity index (χ2n) is 7.88. The molecule has 0 saturated heterocycles. The summed E-state index contributed by atoms with van der Waals surface area (Å²) in [7, 11) is 3.53. The number of benzene rings is 1. The fourth-order valence-corrected chi connectivity index (χ4v) is 4.63. The molecule has 0 atom stereocenters. The average Bonchev–Trinajstić information content (AvgIpc) is 3.52. The van der Waals surface area contributed by atoms with Gasteiger partial charge in [0, 0.05) is 35.3 Å². The number of fused-ring (bicyclic) bond motifs is 1. The normalized spacial score (nSPS) is 11.2. The largest absolute Gasteiger partial charge is 0.497 e. The monoisotopic (exact) mass is 473 g/mol. The first-order valence-electron chi connectivity index (χ1n) is 10.7. The van der Waals surface area contributed by atoms with E-state index in [1.165, 1.54) is 11.3 Å². The zero-order valence-corrected chi connectivity index (χ0v) is 20.1. The number of amides is 1. The zero-order chi connectivity index (χ0) is 23.8. The number of aromatic nitrogens is 6. The van der Waals surface area contributed by atoms with E-state index < -0.39 is 0 Å². The topological polar surface area (TPSA) is 99.8 Å². The first-order valence-corrected chi connectivity index (χ1v) is 11.5. The lowest BCUT2D eigenvalue weighted by Gasteiger charge is -2.06. The fraction of sp³-hybridized carbons (Fsp3) is 0.208. The molecular weight excluding hydrogens is 450 g/mol. The van der Waals surface area contributed by atoms with Gasteiger partial charge in [-0.25, -0.2) is 14.6 Å². The lowest BCUT2D eigenvalue weighted by Crippen LogP contribution is -2.19. The van der Waals surface area contributed by atoms with Gasteiger partial charge >= 0.3 is 0 Å². The van der Waals surface area contributed by atoms with Crippen LogP contribution >= 0.6 is 11.3 Å². The Morgan fingerprint density at radius 1 is 1.15 bits per heavy atom. The number of aryl methyl sites for hydroxylation is 2. The molecule has 34 heavy (non-hydrogen) atoms. The molecule has 0 bridgehead atoms. The predicted octanol–water partition coefficient (Wildman–Crippen LogP) is 4.22. The van der Waals surface area contributed by atoms with Gasteiger partial charge in [0.05, 0.1) is 24.7 Å². The van der Waals surface area contributed by atoms with Crippen LogP contribution in [-0.4, -0.2) is 42.5 Å². The summed E-state index contributed by atoms with van der Waals surface area (Å²) in [6, 6.07) is 9.80. The standard InChI is InChI=1S/C24H23N7O2S/c1-14-22-18(16-5-7-17(33-4)8-6-16)9-10-25-23(22)31(29-14)12-21(32)28-24-27-20(13-34-24)19-11-26-30(3)15(19)2/h5-11,13H,12H2,1-4H3,(H,27,28,32). The Morgan fingerprint density at radius 3 is 2.65 bits per heavy atom. The first kappa shape index (κ1) is 21.8. The number of hydrogen-bond acceptors (Lipinski definition) is 7. The van der Waals surface area contributed by atoms with Gasteiger partial charge in [-0.05, 0) is 43.2 Å². The summed E-state index contributed by atoms with van der Waals surface area (Å²) in [4.78, 5) is 21.9. The molecule has 172 valence electrons. The third kappa shape index (κ3) is 3.92. The first-order chi connectivity index (χ1) is 16.4. The van der Waals surface area contributed by atoms with E-state index in [1.807, 2.05) is 56.6 Å². The van der Waals surface area contributed by atoms with Crippen LogP contribution in [0.2, 0.25) is 0 Å². The molecule has 0 saturated carbocycles. The maximum absolute atomic E-state index is 12.8. The summed E-state index contributed by atoms with van der Waals surface area (Å²) >= 11 is 1.38. The number of nitrogens with zero attached hydrogens (tertiary/aromatic N) is 6. The van der Waals surface area contributed by atoms with Crippen molar-refractivity contribution in [2.75, 3.05) is 12.4 Å². The van der Waals surface area contributed by atoms with Gasteiger partial charge in [-0.2, -0.15) is 10.2 Å². The molecule has 0 radical (unpaired) electrons. The van der Waals surface area contributed by atoms with Crippen molar-refractivity contribution in [3.05, 3.63) is 59.5 Å². The number of carbonyl (C=O) groups excluding carboxylic acids is 1. The van der Waals surface area contributed by atoms with E-state index in [-0.39, 0.29) is 12.5 Å². The molecule has 0 unspecified atom stereocenters. The summed E-state index contributed by atoms with van der Waals surface area (Å²) in [5.41, 5.74) is 6.26. The molecule has 0 aliphatic carbocycles. The molecule has 1 aromatic carbocycles. The van der Waals surface area contributed by atoms with Crippen molar-refractivity contribution in [2.45, 2.75) is 20.4 Å². The van der Waals surface area contributed by atoms with Gasteiger partial charge in [-0.3, -0.25) is 9.48 Å². The minimum absolute atomic E-state index is 0.0320. The minimum Gasteiger partial charge on any atom is -0.497 e. The molecule has 1 N–H and O–H groups in total. The predicted molar refractivity (Wildman–Crippen MR) is 132 cm³/mol. The SMILES string of the molecule is COc1ccc(-c2ccnc3c2c(C)nn3CC(=O)Nc2nc(-c3cnn(C)c3C)cs2)cc1. The Balaban J connectivity index is 1.38. The number of pyridine rings is 1. The number of methoxy groups -OCH3 is 1. The van der Waals surface area contributed by atoms with Crippen molar-refractivity contribution in [3.8, 4) is 28.1 Å². The summed E-state index contributed by atoms with van der Waals surface area (Å²) in [5.74, 6) is 0.576. The highest BCUT2D eigenvalue weighted by Crippen LogP contribution is 2.31. The van der Waals surface area contributed by atoms with Gasteiger partial charge < -0.3 is 10.1 Å². The van der Waals surface area contributed by atoms with Crippen LogP contribution in [0.3, 0.4) is 0 Å². The van der Waals surface area contributed by atoms with Crippen LogP contribution in [0.25, 0.3) is 33.4 Å². The molecule has 4 aromatic heterocycles. The van der Waals surface area contributed by atoms with E-state index in [2.05, 4.69) is 25.5 Å². The van der Waals surface area contributed by atoms with Gasteiger partial charge in [0.1, 0.15) is 12.3 Å². The van der Waals surface area contributed by atoms with E-state index >= 15 is 0 Å². The quantitative estimate of drug-likeness (QED) is 0.396. The van der Waals surface area contributed by atoms with Gasteiger partial charge in [0.2, 0.25) is 5.91 Å². The summed E-state index contributed by atoms with van der Waals surface area (Å²) in [6.07, 6.45) is 3.52. The van der Waals surface area contributed by atoms with Crippen LogP contribution in [0.1, 0.15) is 11.4 Å². The molecule has 10 heteroatoms. The van der Waals surface area contributed by atoms with Crippen molar-refractivity contribution in [1.82, 2.24) is 29.5 Å². The highest BCUT2D eigenvalue weighted by atomic mass is 32.1. The van der Waals surface area contributed by atoms with Gasteiger partial charge in [0.15, 0.2) is 10.8 Å². The van der Waals surface area contributed by atoms with Crippen molar-refractivity contribution in [1.29, 1.82) is 0 Å². The Labute approximate surface area is 200 Å². The molecule has 1 amide bonds. The Bertz CT molecular complexity index is 1500. The fourth-order valence-electron chi connectivity index (χ4n) is 3.90. The van der Waals surface area contributed by atoms with Crippen LogP contribution < -0.4 is 10.1 Å². The maximum Gasteiger partial charge on any atom is 0.247 e. The molecular formula is C24H23N7O2S. The number of ether oxygens (including phenoxy) is 1. The number of hydrogen-bond donors (Lipinski definition) is 1. The zero-order valence-electron chi connectivity index (χ0n) is 19.2. The van der Waals surface area contributed by atoms with Crippen LogP contribution in [0.15, 0.2) is 48.1 Å². The van der Waals surface area contributed by atoms with Crippen molar-refractivity contribution in [2.24, 2.45) is 7.05 Å². The van der Waals surface area contributed by atoms with E-state index in [0.29, 0.717) is 10.8 Å². The minimum atomic E-state index is -0.218. The van der Waals surface area contributed by atoms with E-state index in [4.69, 9.17) is 4.74 Å². The number of anilines is 1. The summed E-state index contributed by atoms with van der Waals surface area (Å²) in [6.45, 7) is 3.94.